The molecule has 3 nitrogen and oxygen atoms in total. The molecule has 2 N–H and O–H groups in total. The van der Waals surface area contributed by atoms with Gasteiger partial charge in [-0.1, -0.05) is 0 Å². The minimum Gasteiger partial charge on any atom is -0.481 e. The fraction of sp³-hybridized carbons (Fsp3) is 0.167. The highest BCUT2D eigenvalue weighted by atomic mass is 127. The van der Waals surface area contributed by atoms with Gasteiger partial charge in [-0.15, -0.1) is 0 Å². The third kappa shape index (κ3) is 2.76. The van der Waals surface area contributed by atoms with Crippen molar-refractivity contribution in [1.29, 1.82) is 0 Å². The lowest BCUT2D eigenvalue weighted by molar-refractivity contribution is 0.184. The van der Waals surface area contributed by atoms with E-state index >= 15 is 0 Å². The van der Waals surface area contributed by atoms with Gasteiger partial charge in [0.15, 0.2) is 6.10 Å². The number of furan rings is 1. The second kappa shape index (κ2) is 5.36. The zero-order valence-corrected chi connectivity index (χ0v) is 10.8. The molecule has 0 amide bonds. The predicted octanol–water partition coefficient (Wildman–Crippen LogP) is 2.96. The van der Waals surface area contributed by atoms with Crippen molar-refractivity contribution in [2.45, 2.75) is 6.10 Å². The van der Waals surface area contributed by atoms with Crippen molar-refractivity contribution in [2.75, 3.05) is 6.54 Å². The van der Waals surface area contributed by atoms with Crippen LogP contribution in [0.15, 0.2) is 47.1 Å². The molecule has 2 rings (SSSR count). The van der Waals surface area contributed by atoms with Gasteiger partial charge in [0.1, 0.15) is 11.5 Å². The van der Waals surface area contributed by atoms with Crippen LogP contribution in [0.5, 0.6) is 5.75 Å². The number of ether oxygens (including phenoxy) is 1. The summed E-state index contributed by atoms with van der Waals surface area (Å²) in [5.74, 6) is 1.55. The number of benzene rings is 1. The zero-order chi connectivity index (χ0) is 11.4. The van der Waals surface area contributed by atoms with E-state index < -0.39 is 0 Å². The molecular weight excluding hydrogens is 317 g/mol. The van der Waals surface area contributed by atoms with Gasteiger partial charge in [-0.05, 0) is 59.0 Å². The topological polar surface area (TPSA) is 48.4 Å². The van der Waals surface area contributed by atoms with Gasteiger partial charge in [0.05, 0.1) is 6.26 Å². The molecule has 0 saturated heterocycles. The standard InChI is InChI=1S/C12H12INO2/c13-9-3-5-10(6-4-9)16-12(8-14)11-2-1-7-15-11/h1-7,12H,8,14H2. The lowest BCUT2D eigenvalue weighted by Gasteiger charge is -2.15. The van der Waals surface area contributed by atoms with Crippen LogP contribution in [-0.4, -0.2) is 6.54 Å². The van der Waals surface area contributed by atoms with Crippen LogP contribution in [0.3, 0.4) is 0 Å². The van der Waals surface area contributed by atoms with E-state index in [4.69, 9.17) is 14.9 Å². The van der Waals surface area contributed by atoms with Gasteiger partial charge >= 0.3 is 0 Å². The van der Waals surface area contributed by atoms with Gasteiger partial charge in [0.2, 0.25) is 0 Å². The van der Waals surface area contributed by atoms with Gasteiger partial charge in [-0.3, -0.25) is 0 Å². The van der Waals surface area contributed by atoms with Crippen LogP contribution >= 0.6 is 22.6 Å². The van der Waals surface area contributed by atoms with E-state index in [2.05, 4.69) is 22.6 Å². The maximum Gasteiger partial charge on any atom is 0.168 e. The molecule has 0 bridgehead atoms. The Morgan fingerprint density at radius 1 is 1.25 bits per heavy atom. The molecule has 1 aromatic heterocycles. The maximum atomic E-state index is 5.74. The van der Waals surface area contributed by atoms with E-state index in [9.17, 15) is 0 Å². The summed E-state index contributed by atoms with van der Waals surface area (Å²) < 4.78 is 12.2. The van der Waals surface area contributed by atoms with Crippen molar-refractivity contribution < 1.29 is 9.15 Å². The van der Waals surface area contributed by atoms with Crippen LogP contribution in [0.4, 0.5) is 0 Å². The molecule has 84 valence electrons. The second-order valence-electron chi connectivity index (χ2n) is 3.31. The Balaban J connectivity index is 2.10. The molecule has 1 heterocycles. The minimum absolute atomic E-state index is 0.227. The molecule has 0 aliphatic carbocycles. The van der Waals surface area contributed by atoms with Gasteiger partial charge < -0.3 is 14.9 Å². The Kier molecular flexibility index (Phi) is 3.84. The Labute approximate surface area is 108 Å². The SMILES string of the molecule is NCC(Oc1ccc(I)cc1)c1ccco1. The van der Waals surface area contributed by atoms with Crippen molar-refractivity contribution in [3.63, 3.8) is 0 Å². The fourth-order valence-electron chi connectivity index (χ4n) is 1.37. The number of hydrogen-bond donors (Lipinski definition) is 1. The number of halogens is 1. The van der Waals surface area contributed by atoms with E-state index in [1.165, 1.54) is 3.57 Å². The van der Waals surface area contributed by atoms with Crippen LogP contribution in [0.25, 0.3) is 0 Å². The van der Waals surface area contributed by atoms with Crippen molar-refractivity contribution in [1.82, 2.24) is 0 Å². The summed E-state index contributed by atoms with van der Waals surface area (Å²) in [4.78, 5) is 0. The molecule has 1 aromatic carbocycles. The lowest BCUT2D eigenvalue weighted by Crippen LogP contribution is -2.17. The first kappa shape index (κ1) is 11.5. The summed E-state index contributed by atoms with van der Waals surface area (Å²) in [6.45, 7) is 0.388. The Hall–Kier alpha value is -1.01. The molecule has 0 radical (unpaired) electrons. The van der Waals surface area contributed by atoms with E-state index in [0.29, 0.717) is 6.54 Å². The van der Waals surface area contributed by atoms with E-state index in [0.717, 1.165) is 11.5 Å². The highest BCUT2D eigenvalue weighted by molar-refractivity contribution is 14.1. The molecule has 0 fully saturated rings. The number of rotatable bonds is 4. The van der Waals surface area contributed by atoms with Crippen LogP contribution in [0, 0.1) is 3.57 Å². The summed E-state index contributed by atoms with van der Waals surface area (Å²) in [6, 6.07) is 11.5. The predicted molar refractivity (Wildman–Crippen MR) is 70.3 cm³/mol. The first-order valence-electron chi connectivity index (χ1n) is 4.95. The molecule has 1 atom stereocenters. The molecular formula is C12H12INO2. The first-order valence-corrected chi connectivity index (χ1v) is 6.03. The van der Waals surface area contributed by atoms with E-state index in [1.54, 1.807) is 6.26 Å². The van der Waals surface area contributed by atoms with Crippen molar-refractivity contribution >= 4 is 22.6 Å². The summed E-state index contributed by atoms with van der Waals surface area (Å²) >= 11 is 2.25. The van der Waals surface area contributed by atoms with Crippen LogP contribution in [-0.2, 0) is 0 Å². The Bertz CT molecular complexity index is 425. The average Bonchev–Trinajstić information content (AvgIpc) is 2.82. The Morgan fingerprint density at radius 2 is 2.00 bits per heavy atom. The normalized spacial score (nSPS) is 12.4. The Morgan fingerprint density at radius 3 is 2.56 bits per heavy atom. The summed E-state index contributed by atoms with van der Waals surface area (Å²) in [5.41, 5.74) is 5.66. The van der Waals surface area contributed by atoms with Crippen LogP contribution in [0.2, 0.25) is 0 Å². The molecule has 0 spiro atoms. The molecule has 16 heavy (non-hydrogen) atoms. The second-order valence-corrected chi connectivity index (χ2v) is 4.56. The number of nitrogens with two attached hydrogens (primary N) is 1. The van der Waals surface area contributed by atoms with Crippen molar-refractivity contribution in [2.24, 2.45) is 5.73 Å². The van der Waals surface area contributed by atoms with Crippen LogP contribution in [0.1, 0.15) is 11.9 Å². The van der Waals surface area contributed by atoms with E-state index in [1.807, 2.05) is 36.4 Å². The highest BCUT2D eigenvalue weighted by Gasteiger charge is 2.13. The van der Waals surface area contributed by atoms with Gasteiger partial charge in [0, 0.05) is 10.1 Å². The first-order chi connectivity index (χ1) is 7.79. The summed E-state index contributed by atoms with van der Waals surface area (Å²) in [5, 5.41) is 0. The largest absolute Gasteiger partial charge is 0.481 e. The third-order valence-electron chi connectivity index (χ3n) is 2.17. The van der Waals surface area contributed by atoms with Gasteiger partial charge in [-0.25, -0.2) is 0 Å². The average molecular weight is 329 g/mol. The molecule has 0 saturated carbocycles. The number of hydrogen-bond acceptors (Lipinski definition) is 3. The maximum absolute atomic E-state index is 5.74. The lowest BCUT2D eigenvalue weighted by atomic mass is 10.2. The van der Waals surface area contributed by atoms with Crippen LogP contribution < -0.4 is 10.5 Å². The summed E-state index contributed by atoms with van der Waals surface area (Å²) in [7, 11) is 0. The van der Waals surface area contributed by atoms with Gasteiger partial charge in [-0.2, -0.15) is 0 Å². The monoisotopic (exact) mass is 329 g/mol. The molecule has 0 aliphatic rings. The summed E-state index contributed by atoms with van der Waals surface area (Å²) in [6.07, 6.45) is 1.39. The van der Waals surface area contributed by atoms with Crippen molar-refractivity contribution in [3.8, 4) is 5.75 Å². The van der Waals surface area contributed by atoms with Gasteiger partial charge in [0.25, 0.3) is 0 Å². The quantitative estimate of drug-likeness (QED) is 0.878. The van der Waals surface area contributed by atoms with Crippen molar-refractivity contribution in [3.05, 3.63) is 52.0 Å². The third-order valence-corrected chi connectivity index (χ3v) is 2.89. The fourth-order valence-corrected chi connectivity index (χ4v) is 1.73. The zero-order valence-electron chi connectivity index (χ0n) is 8.60. The molecule has 4 heteroatoms. The smallest absolute Gasteiger partial charge is 0.168 e. The molecule has 0 aliphatic heterocycles. The minimum atomic E-state index is -0.227. The van der Waals surface area contributed by atoms with E-state index in [-0.39, 0.29) is 6.10 Å². The molecule has 2 aromatic rings. The highest BCUT2D eigenvalue weighted by Crippen LogP contribution is 2.22. The molecule has 1 unspecified atom stereocenters.